The van der Waals surface area contributed by atoms with Crippen LogP contribution in [0.2, 0.25) is 5.02 Å². The summed E-state index contributed by atoms with van der Waals surface area (Å²) >= 11 is 6.31. The fourth-order valence-corrected chi connectivity index (χ4v) is 4.29. The average molecular weight is 588 g/mol. The molecule has 2 aromatic rings. The summed E-state index contributed by atoms with van der Waals surface area (Å²) in [4.78, 5) is 39.9. The summed E-state index contributed by atoms with van der Waals surface area (Å²) in [6.07, 6.45) is 3.43. The second kappa shape index (κ2) is 16.5. The Balaban J connectivity index is 0.000000708. The van der Waals surface area contributed by atoms with E-state index in [9.17, 15) is 22.8 Å². The van der Waals surface area contributed by atoms with Crippen LogP contribution in [0.5, 0.6) is 5.75 Å². The summed E-state index contributed by atoms with van der Waals surface area (Å²) < 4.78 is 42.6. The summed E-state index contributed by atoms with van der Waals surface area (Å²) in [5.74, 6) is -2.50. The first-order valence-corrected chi connectivity index (χ1v) is 13.2. The van der Waals surface area contributed by atoms with Gasteiger partial charge in [-0.2, -0.15) is 13.2 Å². The van der Waals surface area contributed by atoms with Crippen molar-refractivity contribution in [2.24, 2.45) is 0 Å². The van der Waals surface area contributed by atoms with E-state index in [2.05, 4.69) is 10.3 Å². The maximum absolute atomic E-state index is 13.4. The number of benzene rings is 1. The van der Waals surface area contributed by atoms with Gasteiger partial charge in [-0.3, -0.25) is 14.6 Å². The molecule has 40 heavy (non-hydrogen) atoms. The first kappa shape index (κ1) is 32.7. The normalized spacial score (nSPS) is 13.1. The zero-order valence-corrected chi connectivity index (χ0v) is 22.8. The molecule has 13 heteroatoms. The van der Waals surface area contributed by atoms with E-state index in [0.29, 0.717) is 55.5 Å². The molecule has 9 nitrogen and oxygen atoms in total. The zero-order valence-electron chi connectivity index (χ0n) is 22.1. The fourth-order valence-electron chi connectivity index (χ4n) is 4.06. The number of aliphatic carboxylic acids is 1. The van der Waals surface area contributed by atoms with Gasteiger partial charge in [-0.05, 0) is 56.5 Å². The van der Waals surface area contributed by atoms with Crippen LogP contribution in [0.15, 0.2) is 42.7 Å². The largest absolute Gasteiger partial charge is 0.492 e. The van der Waals surface area contributed by atoms with E-state index in [0.717, 1.165) is 31.4 Å². The number of carbonyl (C=O) groups excluding carboxylic acids is 2. The minimum atomic E-state index is -5.08. The van der Waals surface area contributed by atoms with E-state index in [-0.39, 0.29) is 17.9 Å². The van der Waals surface area contributed by atoms with Crippen molar-refractivity contribution in [1.29, 1.82) is 0 Å². The van der Waals surface area contributed by atoms with Gasteiger partial charge in [-0.25, -0.2) is 4.79 Å². The highest BCUT2D eigenvalue weighted by Crippen LogP contribution is 2.28. The first-order chi connectivity index (χ1) is 19.0. The number of halogens is 4. The summed E-state index contributed by atoms with van der Waals surface area (Å²) in [6.45, 7) is 3.69. The van der Waals surface area contributed by atoms with Crippen LogP contribution in [0.1, 0.15) is 55.8 Å². The summed E-state index contributed by atoms with van der Waals surface area (Å²) in [7, 11) is 0. The van der Waals surface area contributed by atoms with Crippen molar-refractivity contribution < 1.29 is 42.1 Å². The van der Waals surface area contributed by atoms with Gasteiger partial charge in [0.1, 0.15) is 12.4 Å². The lowest BCUT2D eigenvalue weighted by Gasteiger charge is -2.29. The number of alkyl halides is 3. The van der Waals surface area contributed by atoms with Crippen LogP contribution in [0, 0.1) is 0 Å². The van der Waals surface area contributed by atoms with Crippen molar-refractivity contribution in [3.63, 3.8) is 0 Å². The van der Waals surface area contributed by atoms with Crippen molar-refractivity contribution >= 4 is 35.1 Å². The number of carboxylic acid groups (broad SMARTS) is 1. The number of nitrogens with one attached hydrogen (secondary N) is 1. The predicted octanol–water partition coefficient (Wildman–Crippen LogP) is 5.59. The smallest absolute Gasteiger partial charge is 0.490 e. The van der Waals surface area contributed by atoms with Gasteiger partial charge in [0.15, 0.2) is 0 Å². The minimum absolute atomic E-state index is 0.0759. The number of anilines is 1. The van der Waals surface area contributed by atoms with Crippen LogP contribution in [0.4, 0.5) is 18.9 Å². The molecule has 1 saturated carbocycles. The Morgan fingerprint density at radius 1 is 1.15 bits per heavy atom. The number of esters is 1. The molecular weight excluding hydrogens is 555 g/mol. The van der Waals surface area contributed by atoms with Crippen LogP contribution in [-0.4, -0.2) is 71.4 Å². The third-order valence-corrected chi connectivity index (χ3v) is 6.07. The minimum Gasteiger partial charge on any atom is -0.492 e. The van der Waals surface area contributed by atoms with E-state index in [4.69, 9.17) is 31.0 Å². The van der Waals surface area contributed by atoms with E-state index >= 15 is 0 Å². The second-order valence-electron chi connectivity index (χ2n) is 8.84. The number of hydrogen-bond acceptors (Lipinski definition) is 7. The van der Waals surface area contributed by atoms with Gasteiger partial charge in [0.05, 0.1) is 6.61 Å². The van der Waals surface area contributed by atoms with Crippen LogP contribution in [-0.2, 0) is 14.3 Å². The summed E-state index contributed by atoms with van der Waals surface area (Å²) in [5.41, 5.74) is 1.47. The average Bonchev–Trinajstić information content (AvgIpc) is 3.44. The molecule has 0 radical (unpaired) electrons. The molecular formula is C27H33ClF3N3O6. The highest BCUT2D eigenvalue weighted by molar-refractivity contribution is 6.31. The van der Waals surface area contributed by atoms with Crippen LogP contribution in [0.3, 0.4) is 0 Å². The number of aromatic nitrogens is 1. The lowest BCUT2D eigenvalue weighted by molar-refractivity contribution is -0.192. The topological polar surface area (TPSA) is 118 Å². The van der Waals surface area contributed by atoms with E-state index in [1.54, 1.807) is 37.5 Å². The molecule has 2 N–H and O–H groups in total. The molecule has 3 rings (SSSR count). The molecule has 0 unspecified atom stereocenters. The molecule has 1 aromatic carbocycles. The predicted molar refractivity (Wildman–Crippen MR) is 143 cm³/mol. The number of ether oxygens (including phenoxy) is 2. The number of hydrogen-bond donors (Lipinski definition) is 2. The number of rotatable bonds is 12. The Morgan fingerprint density at radius 2 is 1.80 bits per heavy atom. The quantitative estimate of drug-likeness (QED) is 0.244. The monoisotopic (exact) mass is 587 g/mol. The Bertz CT molecular complexity index is 1100. The molecule has 0 bridgehead atoms. The summed E-state index contributed by atoms with van der Waals surface area (Å²) in [5, 5.41) is 10.8. The molecule has 1 aromatic heterocycles. The highest BCUT2D eigenvalue weighted by atomic mass is 35.5. The molecule has 1 amide bonds. The number of carboxylic acids is 1. The second-order valence-corrected chi connectivity index (χ2v) is 9.27. The molecule has 0 spiro atoms. The Kier molecular flexibility index (Phi) is 13.5. The van der Waals surface area contributed by atoms with Crippen LogP contribution in [0.25, 0.3) is 0 Å². The van der Waals surface area contributed by atoms with Crippen molar-refractivity contribution in [2.45, 2.75) is 57.7 Å². The highest BCUT2D eigenvalue weighted by Gasteiger charge is 2.38. The molecule has 0 saturated heterocycles. The number of nitrogens with zero attached hydrogens (tertiary/aromatic N) is 2. The van der Waals surface area contributed by atoms with Gasteiger partial charge < -0.3 is 24.8 Å². The molecule has 0 aliphatic heterocycles. The Morgan fingerprint density at radius 3 is 2.40 bits per heavy atom. The summed E-state index contributed by atoms with van der Waals surface area (Å²) in [6, 6.07) is 9.09. The molecule has 0 atom stereocenters. The van der Waals surface area contributed by atoms with Crippen molar-refractivity contribution in [2.75, 3.05) is 31.6 Å². The molecule has 1 aliphatic rings. The zero-order chi connectivity index (χ0) is 29.5. The fraction of sp³-hybridized carbons (Fsp3) is 0.481. The molecule has 1 fully saturated rings. The first-order valence-electron chi connectivity index (χ1n) is 12.8. The maximum atomic E-state index is 13.4. The van der Waals surface area contributed by atoms with E-state index in [1.165, 1.54) is 0 Å². The maximum Gasteiger partial charge on any atom is 0.490 e. The van der Waals surface area contributed by atoms with Gasteiger partial charge >= 0.3 is 18.1 Å². The third-order valence-electron chi connectivity index (χ3n) is 5.85. The van der Waals surface area contributed by atoms with Gasteiger partial charge in [-0.15, -0.1) is 0 Å². The van der Waals surface area contributed by atoms with Gasteiger partial charge in [0, 0.05) is 54.2 Å². The Hall–Kier alpha value is -3.54. The van der Waals surface area contributed by atoms with Crippen molar-refractivity contribution in [3.8, 4) is 5.75 Å². The van der Waals surface area contributed by atoms with Crippen molar-refractivity contribution in [1.82, 2.24) is 9.88 Å². The van der Waals surface area contributed by atoms with Crippen molar-refractivity contribution in [3.05, 3.63) is 53.3 Å². The molecule has 220 valence electrons. The van der Waals surface area contributed by atoms with Crippen LogP contribution >= 0.6 is 11.6 Å². The third kappa shape index (κ3) is 11.7. The number of amides is 1. The number of pyridine rings is 1. The van der Waals surface area contributed by atoms with Crippen LogP contribution < -0.4 is 10.1 Å². The van der Waals surface area contributed by atoms with Gasteiger partial charge in [-0.1, -0.05) is 24.4 Å². The standard InChI is InChI=1S/C25H32ClN3O4.C2HF3O2/c1-2-32-24(30)8-5-14-29(22-6-3-4-7-22)25(31)19-16-20(26)18-23(17-19)33-15-13-28-21-9-11-27-12-10-21;3-2(4,5)1(6)7/h9-12,16-18,22H,2-8,13-15H2,1H3,(H,27,28);(H,6,7). The lowest BCUT2D eigenvalue weighted by Crippen LogP contribution is -2.39. The van der Waals surface area contributed by atoms with Gasteiger partial charge in [0.25, 0.3) is 5.91 Å². The SMILES string of the molecule is CCOC(=O)CCCN(C(=O)c1cc(Cl)cc(OCCNc2ccncc2)c1)C1CCCC1.O=C(O)C(F)(F)F. The lowest BCUT2D eigenvalue weighted by atomic mass is 10.1. The molecule has 1 heterocycles. The van der Waals surface area contributed by atoms with E-state index < -0.39 is 12.1 Å². The molecule has 1 aliphatic carbocycles. The van der Waals surface area contributed by atoms with Gasteiger partial charge in [0.2, 0.25) is 0 Å². The Labute approximate surface area is 235 Å². The number of carbonyl (C=O) groups is 3. The van der Waals surface area contributed by atoms with E-state index in [1.807, 2.05) is 17.0 Å².